The highest BCUT2D eigenvalue weighted by molar-refractivity contribution is 5.83. The summed E-state index contributed by atoms with van der Waals surface area (Å²) in [5, 5.41) is 0. The van der Waals surface area contributed by atoms with Crippen LogP contribution in [0.2, 0.25) is 0 Å². The molecule has 0 aromatic heterocycles. The molecule has 7 heteroatoms. The van der Waals surface area contributed by atoms with Gasteiger partial charge in [0, 0.05) is 25.3 Å². The fourth-order valence-electron chi connectivity index (χ4n) is 2.78. The van der Waals surface area contributed by atoms with E-state index in [0.717, 1.165) is 19.2 Å². The van der Waals surface area contributed by atoms with Crippen molar-refractivity contribution < 1.29 is 32.2 Å². The van der Waals surface area contributed by atoms with Crippen molar-refractivity contribution in [1.29, 1.82) is 0 Å². The Bertz CT molecular complexity index is 901. The van der Waals surface area contributed by atoms with Gasteiger partial charge in [-0.15, -0.1) is 6.58 Å². The Morgan fingerprint density at radius 2 is 1.60 bits per heavy atom. The highest BCUT2D eigenvalue weighted by Crippen LogP contribution is 2.43. The zero-order valence-corrected chi connectivity index (χ0v) is 16.5. The maximum absolute atomic E-state index is 14.1. The van der Waals surface area contributed by atoms with Crippen LogP contribution in [0.25, 0.3) is 0 Å². The van der Waals surface area contributed by atoms with Gasteiger partial charge < -0.3 is 14.2 Å². The first kappa shape index (κ1) is 23.2. The smallest absolute Gasteiger partial charge is 0.432 e. The predicted octanol–water partition coefficient (Wildman–Crippen LogP) is 4.26. The van der Waals surface area contributed by atoms with E-state index in [2.05, 4.69) is 18.4 Å². The van der Waals surface area contributed by atoms with Gasteiger partial charge in [0.2, 0.25) is 0 Å². The van der Waals surface area contributed by atoms with Crippen LogP contribution in [-0.2, 0) is 24.6 Å². The SMILES string of the molecule is C=C[C@@H](OC)[C@@H](C#Cc1ccccc1)OC(=O)C(OC)(c1ccccc1)C(F)(F)F. The first-order valence-corrected chi connectivity index (χ1v) is 8.90. The molecule has 0 heterocycles. The van der Waals surface area contributed by atoms with Crippen molar-refractivity contribution in [3.63, 3.8) is 0 Å². The minimum atomic E-state index is -5.09. The molecule has 2 aromatic carbocycles. The molecule has 158 valence electrons. The van der Waals surface area contributed by atoms with E-state index in [-0.39, 0.29) is 0 Å². The summed E-state index contributed by atoms with van der Waals surface area (Å²) in [6, 6.07) is 15.3. The zero-order chi connectivity index (χ0) is 22.2. The average molecular weight is 418 g/mol. The first-order chi connectivity index (χ1) is 14.3. The summed E-state index contributed by atoms with van der Waals surface area (Å²) >= 11 is 0. The normalized spacial score (nSPS) is 15.1. The number of carbonyl (C=O) groups excluding carboxylic acids is 1. The third kappa shape index (κ3) is 4.90. The highest BCUT2D eigenvalue weighted by Gasteiger charge is 2.64. The number of carbonyl (C=O) groups is 1. The summed E-state index contributed by atoms with van der Waals surface area (Å²) in [4.78, 5) is 12.9. The van der Waals surface area contributed by atoms with E-state index in [1.807, 2.05) is 0 Å². The fourth-order valence-corrected chi connectivity index (χ4v) is 2.78. The molecular weight excluding hydrogens is 397 g/mol. The molecule has 3 atom stereocenters. The number of alkyl halides is 3. The second-order valence-electron chi connectivity index (χ2n) is 6.15. The van der Waals surface area contributed by atoms with Gasteiger partial charge in [-0.05, 0) is 18.1 Å². The molecule has 0 aliphatic rings. The number of benzene rings is 2. The molecule has 0 radical (unpaired) electrons. The van der Waals surface area contributed by atoms with Crippen molar-refractivity contribution in [2.75, 3.05) is 14.2 Å². The Kier molecular flexibility index (Phi) is 7.81. The van der Waals surface area contributed by atoms with Gasteiger partial charge in [0.15, 0.2) is 6.10 Å². The van der Waals surface area contributed by atoms with Gasteiger partial charge in [0.1, 0.15) is 6.10 Å². The molecule has 4 nitrogen and oxygen atoms in total. The quantitative estimate of drug-likeness (QED) is 0.383. The van der Waals surface area contributed by atoms with Crippen LogP contribution in [-0.4, -0.2) is 38.6 Å². The average Bonchev–Trinajstić information content (AvgIpc) is 2.74. The summed E-state index contributed by atoms with van der Waals surface area (Å²) < 4.78 is 57.3. The van der Waals surface area contributed by atoms with Gasteiger partial charge in [-0.2, -0.15) is 13.2 Å². The van der Waals surface area contributed by atoms with Crippen LogP contribution in [0.5, 0.6) is 0 Å². The monoisotopic (exact) mass is 418 g/mol. The number of esters is 1. The van der Waals surface area contributed by atoms with Crippen LogP contribution in [0, 0.1) is 11.8 Å². The van der Waals surface area contributed by atoms with E-state index in [4.69, 9.17) is 14.2 Å². The minimum Gasteiger partial charge on any atom is -0.443 e. The molecule has 1 unspecified atom stereocenters. The first-order valence-electron chi connectivity index (χ1n) is 8.90. The van der Waals surface area contributed by atoms with Crippen LogP contribution in [0.3, 0.4) is 0 Å². The Labute approximate surface area is 173 Å². The lowest BCUT2D eigenvalue weighted by Gasteiger charge is -2.33. The van der Waals surface area contributed by atoms with E-state index in [1.54, 1.807) is 30.3 Å². The van der Waals surface area contributed by atoms with E-state index in [0.29, 0.717) is 5.56 Å². The van der Waals surface area contributed by atoms with Gasteiger partial charge in [-0.1, -0.05) is 60.5 Å². The van der Waals surface area contributed by atoms with E-state index < -0.39 is 35.5 Å². The number of methoxy groups -OCH3 is 2. The summed E-state index contributed by atoms with van der Waals surface area (Å²) in [5.41, 5.74) is -3.14. The molecule has 0 fully saturated rings. The second-order valence-corrected chi connectivity index (χ2v) is 6.15. The van der Waals surface area contributed by atoms with Crippen LogP contribution in [0.4, 0.5) is 13.2 Å². The molecule has 0 spiro atoms. The summed E-state index contributed by atoms with van der Waals surface area (Å²) in [6.45, 7) is 3.57. The van der Waals surface area contributed by atoms with Crippen molar-refractivity contribution in [3.05, 3.63) is 84.4 Å². The summed E-state index contributed by atoms with van der Waals surface area (Å²) in [6.07, 6.45) is -6.10. The summed E-state index contributed by atoms with van der Waals surface area (Å²) in [5.74, 6) is 3.77. The molecule has 0 bridgehead atoms. The highest BCUT2D eigenvalue weighted by atomic mass is 19.4. The molecule has 2 aromatic rings. The third-order valence-electron chi connectivity index (χ3n) is 4.34. The Hall–Kier alpha value is -3.08. The number of rotatable bonds is 7. The lowest BCUT2D eigenvalue weighted by Crippen LogP contribution is -2.53. The van der Waals surface area contributed by atoms with Crippen LogP contribution in [0.1, 0.15) is 11.1 Å². The lowest BCUT2D eigenvalue weighted by atomic mass is 9.92. The van der Waals surface area contributed by atoms with Crippen LogP contribution < -0.4 is 0 Å². The molecule has 0 saturated carbocycles. The van der Waals surface area contributed by atoms with E-state index in [9.17, 15) is 18.0 Å². The van der Waals surface area contributed by atoms with Crippen molar-refractivity contribution in [2.24, 2.45) is 0 Å². The molecule has 30 heavy (non-hydrogen) atoms. The van der Waals surface area contributed by atoms with Crippen molar-refractivity contribution in [1.82, 2.24) is 0 Å². The Morgan fingerprint density at radius 1 is 1.03 bits per heavy atom. The number of hydrogen-bond acceptors (Lipinski definition) is 4. The van der Waals surface area contributed by atoms with Gasteiger partial charge in [-0.25, -0.2) is 4.79 Å². The molecule has 2 rings (SSSR count). The lowest BCUT2D eigenvalue weighted by molar-refractivity contribution is -0.278. The standard InChI is InChI=1S/C23H21F3O4/c1-4-19(28-2)20(16-15-17-11-7-5-8-12-17)30-21(27)22(29-3,23(24,25)26)18-13-9-6-10-14-18/h4-14,19-20H,1H2,2-3H3/t19-,20-,22?/m1/s1. The van der Waals surface area contributed by atoms with Crippen molar-refractivity contribution >= 4 is 5.97 Å². The Balaban J connectivity index is 2.47. The van der Waals surface area contributed by atoms with Crippen molar-refractivity contribution in [3.8, 4) is 11.8 Å². The van der Waals surface area contributed by atoms with E-state index >= 15 is 0 Å². The number of hydrogen-bond donors (Lipinski definition) is 0. The largest absolute Gasteiger partial charge is 0.443 e. The number of halogens is 3. The predicted molar refractivity (Wildman–Crippen MR) is 105 cm³/mol. The molecule has 0 saturated heterocycles. The maximum atomic E-state index is 14.1. The van der Waals surface area contributed by atoms with Gasteiger partial charge >= 0.3 is 12.1 Å². The molecule has 0 N–H and O–H groups in total. The molecule has 0 aliphatic heterocycles. The third-order valence-corrected chi connectivity index (χ3v) is 4.34. The zero-order valence-electron chi connectivity index (χ0n) is 16.5. The molecular formula is C23H21F3O4. The molecule has 0 aliphatic carbocycles. The maximum Gasteiger partial charge on any atom is 0.432 e. The van der Waals surface area contributed by atoms with Gasteiger partial charge in [0.25, 0.3) is 5.60 Å². The van der Waals surface area contributed by atoms with Crippen molar-refractivity contribution in [2.45, 2.75) is 24.0 Å². The van der Waals surface area contributed by atoms with Gasteiger partial charge in [0.05, 0.1) is 0 Å². The minimum absolute atomic E-state index is 0.410. The fraction of sp³-hybridized carbons (Fsp3) is 0.261. The second kappa shape index (κ2) is 10.1. The topological polar surface area (TPSA) is 44.8 Å². The van der Waals surface area contributed by atoms with E-state index in [1.165, 1.54) is 31.4 Å². The summed E-state index contributed by atoms with van der Waals surface area (Å²) in [7, 11) is 2.11. The molecule has 0 amide bonds. The number of ether oxygens (including phenoxy) is 3. The van der Waals surface area contributed by atoms with Crippen LogP contribution in [0.15, 0.2) is 73.3 Å². The van der Waals surface area contributed by atoms with Crippen LogP contribution >= 0.6 is 0 Å². The Morgan fingerprint density at radius 3 is 2.07 bits per heavy atom. The van der Waals surface area contributed by atoms with Gasteiger partial charge in [-0.3, -0.25) is 0 Å².